The zero-order valence-electron chi connectivity index (χ0n) is 10.5. The van der Waals surface area contributed by atoms with E-state index in [9.17, 15) is 22.0 Å². The first kappa shape index (κ1) is 15.2. The Hall–Kier alpha value is -2.15. The molecule has 0 heterocycles. The molecule has 0 amide bonds. The molecule has 0 bridgehead atoms. The van der Waals surface area contributed by atoms with E-state index in [2.05, 4.69) is 4.74 Å². The number of halogens is 5. The highest BCUT2D eigenvalue weighted by atomic mass is 19.4. The summed E-state index contributed by atoms with van der Waals surface area (Å²) < 4.78 is 66.5. The van der Waals surface area contributed by atoms with Crippen LogP contribution in [0.15, 0.2) is 42.5 Å². The van der Waals surface area contributed by atoms with Gasteiger partial charge in [0.1, 0.15) is 5.75 Å². The third-order valence-corrected chi connectivity index (χ3v) is 2.79. The van der Waals surface area contributed by atoms with Gasteiger partial charge in [0, 0.05) is 5.56 Å². The highest BCUT2D eigenvalue weighted by Crippen LogP contribution is 2.27. The molecule has 0 unspecified atom stereocenters. The van der Waals surface area contributed by atoms with Crippen molar-refractivity contribution in [2.45, 2.75) is 12.4 Å². The van der Waals surface area contributed by atoms with Crippen LogP contribution in [-0.2, 0) is 0 Å². The Bertz CT molecular complexity index is 624. The molecular formula is C14H10F5NO. The average Bonchev–Trinajstić information content (AvgIpc) is 2.40. The van der Waals surface area contributed by atoms with Crippen LogP contribution in [0.5, 0.6) is 5.75 Å². The van der Waals surface area contributed by atoms with Crippen LogP contribution in [0, 0.1) is 11.6 Å². The van der Waals surface area contributed by atoms with Gasteiger partial charge in [0.15, 0.2) is 11.6 Å². The van der Waals surface area contributed by atoms with E-state index >= 15 is 0 Å². The normalized spacial score (nSPS) is 13.0. The summed E-state index contributed by atoms with van der Waals surface area (Å²) in [4.78, 5) is 0. The van der Waals surface area contributed by atoms with Gasteiger partial charge in [0.25, 0.3) is 0 Å². The van der Waals surface area contributed by atoms with Gasteiger partial charge in [0.2, 0.25) is 0 Å². The molecule has 2 nitrogen and oxygen atoms in total. The van der Waals surface area contributed by atoms with Crippen LogP contribution in [0.1, 0.15) is 17.2 Å². The fraction of sp³-hybridized carbons (Fsp3) is 0.143. The number of rotatable bonds is 3. The molecule has 2 aromatic rings. The van der Waals surface area contributed by atoms with Crippen molar-refractivity contribution in [2.24, 2.45) is 5.73 Å². The van der Waals surface area contributed by atoms with Crippen molar-refractivity contribution < 1.29 is 26.7 Å². The maximum atomic E-state index is 13.6. The van der Waals surface area contributed by atoms with Gasteiger partial charge in [-0.1, -0.05) is 24.3 Å². The lowest BCUT2D eigenvalue weighted by atomic mass is 9.99. The Morgan fingerprint density at radius 3 is 2.14 bits per heavy atom. The number of nitrogens with two attached hydrogens (primary N) is 1. The number of hydrogen-bond donors (Lipinski definition) is 1. The molecular weight excluding hydrogens is 293 g/mol. The topological polar surface area (TPSA) is 35.2 Å². The van der Waals surface area contributed by atoms with Crippen LogP contribution < -0.4 is 10.5 Å². The van der Waals surface area contributed by atoms with Crippen molar-refractivity contribution in [3.05, 3.63) is 65.2 Å². The minimum Gasteiger partial charge on any atom is -0.406 e. The second-order valence-electron chi connectivity index (χ2n) is 4.24. The molecule has 7 heteroatoms. The predicted molar refractivity (Wildman–Crippen MR) is 65.5 cm³/mol. The molecule has 2 rings (SSSR count). The lowest BCUT2D eigenvalue weighted by Crippen LogP contribution is -2.17. The molecule has 0 aliphatic heterocycles. The number of alkyl halides is 3. The number of benzene rings is 2. The van der Waals surface area contributed by atoms with Gasteiger partial charge in [-0.15, -0.1) is 13.2 Å². The Morgan fingerprint density at radius 1 is 0.952 bits per heavy atom. The van der Waals surface area contributed by atoms with E-state index in [1.54, 1.807) is 0 Å². The van der Waals surface area contributed by atoms with Crippen LogP contribution in [-0.4, -0.2) is 6.36 Å². The van der Waals surface area contributed by atoms with Gasteiger partial charge >= 0.3 is 6.36 Å². The van der Waals surface area contributed by atoms with Crippen molar-refractivity contribution in [2.75, 3.05) is 0 Å². The molecule has 0 radical (unpaired) electrons. The van der Waals surface area contributed by atoms with Gasteiger partial charge < -0.3 is 10.5 Å². The summed E-state index contributed by atoms with van der Waals surface area (Å²) in [6.45, 7) is 0. The SMILES string of the molecule is N[C@@H](c1ccc(OC(F)(F)F)cc1)c1cccc(F)c1F. The molecule has 1 atom stereocenters. The summed E-state index contributed by atoms with van der Waals surface area (Å²) in [6, 6.07) is 7.19. The van der Waals surface area contributed by atoms with Gasteiger partial charge in [-0.05, 0) is 23.8 Å². The Morgan fingerprint density at radius 2 is 1.57 bits per heavy atom. The van der Waals surface area contributed by atoms with Crippen LogP contribution >= 0.6 is 0 Å². The Kier molecular flexibility index (Phi) is 4.13. The third kappa shape index (κ3) is 3.69. The van der Waals surface area contributed by atoms with Crippen molar-refractivity contribution in [1.29, 1.82) is 0 Å². The fourth-order valence-corrected chi connectivity index (χ4v) is 1.82. The molecule has 0 spiro atoms. The van der Waals surface area contributed by atoms with Gasteiger partial charge in [-0.3, -0.25) is 0 Å². The minimum atomic E-state index is -4.79. The minimum absolute atomic E-state index is 0.0838. The van der Waals surface area contributed by atoms with Crippen molar-refractivity contribution in [1.82, 2.24) is 0 Å². The largest absolute Gasteiger partial charge is 0.573 e. The van der Waals surface area contributed by atoms with E-state index in [1.165, 1.54) is 24.3 Å². The third-order valence-electron chi connectivity index (χ3n) is 2.79. The zero-order chi connectivity index (χ0) is 15.6. The van der Waals surface area contributed by atoms with Crippen LogP contribution in [0.2, 0.25) is 0 Å². The van der Waals surface area contributed by atoms with E-state index in [0.717, 1.165) is 18.2 Å². The Labute approximate surface area is 116 Å². The van der Waals surface area contributed by atoms with Crippen molar-refractivity contribution in [3.8, 4) is 5.75 Å². The smallest absolute Gasteiger partial charge is 0.406 e. The molecule has 0 aromatic heterocycles. The molecule has 2 aromatic carbocycles. The van der Waals surface area contributed by atoms with Gasteiger partial charge in [0.05, 0.1) is 6.04 Å². The predicted octanol–water partition coefficient (Wildman–Crippen LogP) is 3.91. The molecule has 0 saturated carbocycles. The summed E-state index contributed by atoms with van der Waals surface area (Å²) >= 11 is 0. The number of hydrogen-bond acceptors (Lipinski definition) is 2. The first-order valence-corrected chi connectivity index (χ1v) is 5.83. The first-order valence-electron chi connectivity index (χ1n) is 5.83. The van der Waals surface area contributed by atoms with Crippen LogP contribution in [0.3, 0.4) is 0 Å². The van der Waals surface area contributed by atoms with E-state index < -0.39 is 29.8 Å². The summed E-state index contributed by atoms with van der Waals surface area (Å²) in [5.74, 6) is -2.54. The molecule has 2 N–H and O–H groups in total. The van der Waals surface area contributed by atoms with Gasteiger partial charge in [-0.25, -0.2) is 8.78 Å². The highest BCUT2D eigenvalue weighted by molar-refractivity contribution is 5.36. The Balaban J connectivity index is 2.24. The first-order chi connectivity index (χ1) is 9.78. The molecule has 21 heavy (non-hydrogen) atoms. The fourth-order valence-electron chi connectivity index (χ4n) is 1.82. The van der Waals surface area contributed by atoms with E-state index in [1.807, 2.05) is 0 Å². The average molecular weight is 303 g/mol. The summed E-state index contributed by atoms with van der Waals surface area (Å²) in [6.07, 6.45) is -4.79. The van der Waals surface area contributed by atoms with E-state index in [-0.39, 0.29) is 5.56 Å². The monoisotopic (exact) mass is 303 g/mol. The molecule has 0 aliphatic rings. The van der Waals surface area contributed by atoms with E-state index in [4.69, 9.17) is 5.73 Å². The van der Waals surface area contributed by atoms with Crippen molar-refractivity contribution >= 4 is 0 Å². The van der Waals surface area contributed by atoms with Crippen molar-refractivity contribution in [3.63, 3.8) is 0 Å². The molecule has 112 valence electrons. The zero-order valence-corrected chi connectivity index (χ0v) is 10.5. The maximum Gasteiger partial charge on any atom is 0.573 e. The highest BCUT2D eigenvalue weighted by Gasteiger charge is 2.31. The maximum absolute atomic E-state index is 13.6. The second kappa shape index (κ2) is 5.69. The summed E-state index contributed by atoms with van der Waals surface area (Å²) in [5.41, 5.74) is 6.04. The molecule has 0 saturated heterocycles. The standard InChI is InChI=1S/C14H10F5NO/c15-11-3-1-2-10(12(11)16)13(20)8-4-6-9(7-5-8)21-14(17,18)19/h1-7,13H,20H2/t13-/m0/s1. The lowest BCUT2D eigenvalue weighted by molar-refractivity contribution is -0.274. The summed E-state index contributed by atoms with van der Waals surface area (Å²) in [7, 11) is 0. The summed E-state index contributed by atoms with van der Waals surface area (Å²) in [5, 5.41) is 0. The van der Waals surface area contributed by atoms with Crippen LogP contribution in [0.4, 0.5) is 22.0 Å². The number of ether oxygens (including phenoxy) is 1. The second-order valence-corrected chi connectivity index (χ2v) is 4.24. The van der Waals surface area contributed by atoms with Gasteiger partial charge in [-0.2, -0.15) is 0 Å². The molecule has 0 aliphatic carbocycles. The molecule has 0 fully saturated rings. The quantitative estimate of drug-likeness (QED) is 0.873. The van der Waals surface area contributed by atoms with Crippen LogP contribution in [0.25, 0.3) is 0 Å². The lowest BCUT2D eigenvalue weighted by Gasteiger charge is -2.15. The van der Waals surface area contributed by atoms with E-state index in [0.29, 0.717) is 5.56 Å².